The zero-order chi connectivity index (χ0) is 7.40. The Morgan fingerprint density at radius 1 is 1.30 bits per heavy atom. The van der Waals surface area contributed by atoms with E-state index in [0.717, 1.165) is 5.56 Å². The molecule has 0 saturated carbocycles. The Hall–Kier alpha value is -0.570. The van der Waals surface area contributed by atoms with Crippen LogP contribution in [0.1, 0.15) is 5.56 Å². The van der Waals surface area contributed by atoms with Crippen molar-refractivity contribution in [2.75, 3.05) is 0 Å². The van der Waals surface area contributed by atoms with Crippen molar-refractivity contribution in [2.45, 2.75) is 6.54 Å². The number of rotatable bonds is 2. The van der Waals surface area contributed by atoms with Gasteiger partial charge in [-0.3, -0.25) is 0 Å². The summed E-state index contributed by atoms with van der Waals surface area (Å²) in [6.07, 6.45) is 0. The number of nitrogens with one attached hydrogen (secondary N) is 1. The number of hydroxylamine groups is 1. The second kappa shape index (κ2) is 3.56. The summed E-state index contributed by atoms with van der Waals surface area (Å²) >= 11 is 5.63. The Morgan fingerprint density at radius 2 is 1.90 bits per heavy atom. The highest BCUT2D eigenvalue weighted by Gasteiger charge is 1.89. The lowest BCUT2D eigenvalue weighted by Crippen LogP contribution is -2.05. The lowest BCUT2D eigenvalue weighted by atomic mass is 10.2. The van der Waals surface area contributed by atoms with E-state index in [2.05, 4.69) is 5.48 Å². The third-order valence-electron chi connectivity index (χ3n) is 1.20. The average Bonchev–Trinajstić information content (AvgIpc) is 1.95. The molecule has 0 heterocycles. The number of hydrogen-bond acceptors (Lipinski definition) is 2. The molecule has 2 nitrogen and oxygen atoms in total. The molecule has 0 aromatic heterocycles. The van der Waals surface area contributed by atoms with E-state index >= 15 is 0 Å². The molecule has 0 aliphatic heterocycles. The predicted molar refractivity (Wildman–Crippen MR) is 40.1 cm³/mol. The zero-order valence-corrected chi connectivity index (χ0v) is 6.10. The van der Waals surface area contributed by atoms with E-state index in [-0.39, 0.29) is 0 Å². The standard InChI is InChI=1S/C7H8ClNO/c8-7-3-1-6(2-4-7)5-9-10/h1-4,9-10H,5H2. The zero-order valence-electron chi connectivity index (χ0n) is 5.34. The van der Waals surface area contributed by atoms with Crippen LogP contribution in [0.5, 0.6) is 0 Å². The molecule has 0 fully saturated rings. The maximum absolute atomic E-state index is 8.31. The molecule has 2 N–H and O–H groups in total. The van der Waals surface area contributed by atoms with Crippen LogP contribution in [0.2, 0.25) is 5.02 Å². The van der Waals surface area contributed by atoms with Gasteiger partial charge in [-0.15, -0.1) is 0 Å². The van der Waals surface area contributed by atoms with Gasteiger partial charge in [-0.25, -0.2) is 5.48 Å². The highest BCUT2D eigenvalue weighted by Crippen LogP contribution is 2.08. The van der Waals surface area contributed by atoms with Crippen molar-refractivity contribution in [3.05, 3.63) is 34.9 Å². The molecule has 0 aliphatic carbocycles. The molecular weight excluding hydrogens is 150 g/mol. The summed E-state index contributed by atoms with van der Waals surface area (Å²) in [5, 5.41) is 9.02. The summed E-state index contributed by atoms with van der Waals surface area (Å²) in [6.45, 7) is 0.456. The number of benzene rings is 1. The predicted octanol–water partition coefficient (Wildman–Crippen LogP) is 1.82. The van der Waals surface area contributed by atoms with Crippen molar-refractivity contribution < 1.29 is 5.21 Å². The minimum absolute atomic E-state index is 0.456. The molecule has 1 rings (SSSR count). The van der Waals surface area contributed by atoms with Crippen LogP contribution in [0.25, 0.3) is 0 Å². The van der Waals surface area contributed by atoms with Crippen LogP contribution in [0.4, 0.5) is 0 Å². The molecule has 54 valence electrons. The molecule has 0 saturated heterocycles. The summed E-state index contributed by atoms with van der Waals surface area (Å²) in [7, 11) is 0. The maximum Gasteiger partial charge on any atom is 0.0458 e. The Balaban J connectivity index is 2.69. The van der Waals surface area contributed by atoms with E-state index in [1.165, 1.54) is 0 Å². The van der Waals surface area contributed by atoms with E-state index in [0.29, 0.717) is 11.6 Å². The minimum atomic E-state index is 0.456. The van der Waals surface area contributed by atoms with Crippen LogP contribution in [0.15, 0.2) is 24.3 Å². The average molecular weight is 158 g/mol. The summed E-state index contributed by atoms with van der Waals surface area (Å²) in [5.41, 5.74) is 3.07. The molecule has 0 bridgehead atoms. The summed E-state index contributed by atoms with van der Waals surface area (Å²) in [4.78, 5) is 0. The van der Waals surface area contributed by atoms with Crippen molar-refractivity contribution >= 4 is 11.6 Å². The van der Waals surface area contributed by atoms with Crippen LogP contribution in [0.3, 0.4) is 0 Å². The van der Waals surface area contributed by atoms with Gasteiger partial charge in [0.2, 0.25) is 0 Å². The van der Waals surface area contributed by atoms with Gasteiger partial charge in [0.1, 0.15) is 0 Å². The highest BCUT2D eigenvalue weighted by molar-refractivity contribution is 6.30. The summed E-state index contributed by atoms with van der Waals surface area (Å²) in [5.74, 6) is 0. The lowest BCUT2D eigenvalue weighted by molar-refractivity contribution is 0.161. The molecule has 0 radical (unpaired) electrons. The van der Waals surface area contributed by atoms with E-state index in [4.69, 9.17) is 16.8 Å². The molecule has 1 aromatic rings. The highest BCUT2D eigenvalue weighted by atomic mass is 35.5. The van der Waals surface area contributed by atoms with Gasteiger partial charge < -0.3 is 5.21 Å². The molecule has 0 amide bonds. The first kappa shape index (κ1) is 7.54. The molecule has 0 unspecified atom stereocenters. The maximum atomic E-state index is 8.31. The van der Waals surface area contributed by atoms with Crippen molar-refractivity contribution in [2.24, 2.45) is 0 Å². The van der Waals surface area contributed by atoms with Gasteiger partial charge in [-0.1, -0.05) is 23.7 Å². The SMILES string of the molecule is ONCc1ccc(Cl)cc1. The smallest absolute Gasteiger partial charge is 0.0458 e. The van der Waals surface area contributed by atoms with Gasteiger partial charge >= 0.3 is 0 Å². The molecule has 0 atom stereocenters. The van der Waals surface area contributed by atoms with Crippen LogP contribution in [-0.2, 0) is 6.54 Å². The third-order valence-corrected chi connectivity index (χ3v) is 1.45. The summed E-state index contributed by atoms with van der Waals surface area (Å²) < 4.78 is 0. The van der Waals surface area contributed by atoms with Gasteiger partial charge in [0.25, 0.3) is 0 Å². The van der Waals surface area contributed by atoms with E-state index in [9.17, 15) is 0 Å². The van der Waals surface area contributed by atoms with Gasteiger partial charge in [-0.2, -0.15) is 0 Å². The first-order valence-corrected chi connectivity index (χ1v) is 3.32. The fourth-order valence-electron chi connectivity index (χ4n) is 0.694. The van der Waals surface area contributed by atoms with Crippen LogP contribution in [0, 0.1) is 0 Å². The number of hydrogen-bond donors (Lipinski definition) is 2. The Kier molecular flexibility index (Phi) is 2.68. The van der Waals surface area contributed by atoms with Gasteiger partial charge in [0.05, 0.1) is 0 Å². The molecule has 10 heavy (non-hydrogen) atoms. The van der Waals surface area contributed by atoms with Crippen molar-refractivity contribution in [1.29, 1.82) is 0 Å². The molecule has 0 spiro atoms. The molecule has 3 heteroatoms. The van der Waals surface area contributed by atoms with Crippen molar-refractivity contribution in [1.82, 2.24) is 5.48 Å². The van der Waals surface area contributed by atoms with E-state index in [1.807, 2.05) is 12.1 Å². The van der Waals surface area contributed by atoms with E-state index < -0.39 is 0 Å². The monoisotopic (exact) mass is 157 g/mol. The Bertz CT molecular complexity index is 197. The minimum Gasteiger partial charge on any atom is -0.316 e. The fourth-order valence-corrected chi connectivity index (χ4v) is 0.820. The third kappa shape index (κ3) is 1.99. The Labute approximate surface area is 64.4 Å². The van der Waals surface area contributed by atoms with Crippen molar-refractivity contribution in [3.63, 3.8) is 0 Å². The summed E-state index contributed by atoms with van der Waals surface area (Å²) in [6, 6.07) is 7.28. The normalized spacial score (nSPS) is 9.80. The van der Waals surface area contributed by atoms with Gasteiger partial charge in [0.15, 0.2) is 0 Å². The van der Waals surface area contributed by atoms with E-state index in [1.54, 1.807) is 12.1 Å². The van der Waals surface area contributed by atoms with Crippen LogP contribution in [-0.4, -0.2) is 5.21 Å². The molecule has 0 aliphatic rings. The topological polar surface area (TPSA) is 32.3 Å². The van der Waals surface area contributed by atoms with Crippen LogP contribution < -0.4 is 5.48 Å². The Morgan fingerprint density at radius 3 is 2.40 bits per heavy atom. The first-order valence-electron chi connectivity index (χ1n) is 2.94. The largest absolute Gasteiger partial charge is 0.316 e. The second-order valence-corrected chi connectivity index (χ2v) is 2.40. The lowest BCUT2D eigenvalue weighted by Gasteiger charge is -1.96. The first-order chi connectivity index (χ1) is 4.83. The van der Waals surface area contributed by atoms with Crippen molar-refractivity contribution in [3.8, 4) is 0 Å². The molecular formula is C7H8ClNO. The quantitative estimate of drug-likeness (QED) is 0.642. The molecule has 1 aromatic carbocycles. The van der Waals surface area contributed by atoms with Gasteiger partial charge in [0, 0.05) is 11.6 Å². The number of halogens is 1. The fraction of sp³-hybridized carbons (Fsp3) is 0.143. The second-order valence-electron chi connectivity index (χ2n) is 1.96. The van der Waals surface area contributed by atoms with Gasteiger partial charge in [-0.05, 0) is 17.7 Å². The van der Waals surface area contributed by atoms with Crippen LogP contribution >= 0.6 is 11.6 Å².